The summed E-state index contributed by atoms with van der Waals surface area (Å²) in [4.78, 5) is 0. The van der Waals surface area contributed by atoms with Crippen molar-refractivity contribution in [2.24, 2.45) is 0 Å². The fourth-order valence-corrected chi connectivity index (χ4v) is 0.247. The first-order valence-corrected chi connectivity index (χ1v) is 2.61. The molecule has 0 heterocycles. The molecular weight excluding hydrogens is 173 g/mol. The summed E-state index contributed by atoms with van der Waals surface area (Å²) in [5.74, 6) is -3.02. The van der Waals surface area contributed by atoms with Crippen LogP contribution in [0.15, 0.2) is 0 Å². The van der Waals surface area contributed by atoms with Gasteiger partial charge in [0, 0.05) is 29.6 Å². The predicted octanol–water partition coefficient (Wildman–Crippen LogP) is 0.662. The minimum atomic E-state index is -3.02. The van der Waals surface area contributed by atoms with Gasteiger partial charge in [0.05, 0.1) is 11.9 Å². The maximum absolute atomic E-state index is 10.9. The standard InChI is InChI=1S/CHClF2O2S.Na/c2-6-7(5)1(3)4;/h1H;. The van der Waals surface area contributed by atoms with Gasteiger partial charge in [-0.05, 0) is 0 Å². The van der Waals surface area contributed by atoms with E-state index in [0.717, 1.165) is 0 Å². The molecule has 0 bridgehead atoms. The summed E-state index contributed by atoms with van der Waals surface area (Å²) < 4.78 is 34.6. The van der Waals surface area contributed by atoms with Crippen LogP contribution in [0, 0.1) is 0 Å². The van der Waals surface area contributed by atoms with Crippen molar-refractivity contribution in [3.05, 3.63) is 0 Å². The molecule has 0 amide bonds. The number of rotatable bonds is 2. The van der Waals surface area contributed by atoms with E-state index in [9.17, 15) is 13.0 Å². The number of hydrogen-bond donors (Lipinski definition) is 0. The molecule has 45 valence electrons. The minimum Gasteiger partial charge on any atom is -0.222 e. The molecule has 0 rings (SSSR count). The van der Waals surface area contributed by atoms with E-state index in [1.807, 2.05) is 0 Å². The Bertz CT molecular complexity index is 80.4. The second kappa shape index (κ2) is 6.38. The zero-order valence-electron chi connectivity index (χ0n) is 3.94. The van der Waals surface area contributed by atoms with Crippen molar-refractivity contribution in [3.63, 3.8) is 0 Å². The molecule has 0 saturated carbocycles. The molecule has 0 aliphatic heterocycles. The Labute approximate surface area is 74.7 Å². The maximum Gasteiger partial charge on any atom is 0.337 e. The molecule has 0 aromatic rings. The summed E-state index contributed by atoms with van der Waals surface area (Å²) in [6.07, 6.45) is 0. The summed E-state index contributed by atoms with van der Waals surface area (Å²) in [6, 6.07) is 0. The van der Waals surface area contributed by atoms with Crippen molar-refractivity contribution in [2.75, 3.05) is 0 Å². The van der Waals surface area contributed by atoms with Crippen molar-refractivity contribution in [1.82, 2.24) is 0 Å². The molecule has 0 aliphatic rings. The Morgan fingerprint density at radius 2 is 2.00 bits per heavy atom. The number of halogens is 3. The van der Waals surface area contributed by atoms with E-state index in [-0.39, 0.29) is 29.6 Å². The predicted molar refractivity (Wildman–Crippen MR) is 26.8 cm³/mol. The van der Waals surface area contributed by atoms with E-state index < -0.39 is 16.8 Å². The van der Waals surface area contributed by atoms with E-state index in [4.69, 9.17) is 0 Å². The Balaban J connectivity index is 0. The Morgan fingerprint density at radius 1 is 1.62 bits per heavy atom. The average Bonchev–Trinajstić information content (AvgIpc) is 1.65. The van der Waals surface area contributed by atoms with Gasteiger partial charge in [-0.2, -0.15) is 12.5 Å². The zero-order chi connectivity index (χ0) is 5.86. The first-order chi connectivity index (χ1) is 3.18. The van der Waals surface area contributed by atoms with E-state index in [1.54, 1.807) is 0 Å². The van der Waals surface area contributed by atoms with Crippen molar-refractivity contribution in [3.8, 4) is 0 Å². The Hall–Kier alpha value is 1.26. The van der Waals surface area contributed by atoms with Crippen LogP contribution >= 0.6 is 11.9 Å². The van der Waals surface area contributed by atoms with Gasteiger partial charge in [-0.15, -0.1) is 0 Å². The largest absolute Gasteiger partial charge is 0.337 e. The molecule has 7 heteroatoms. The van der Waals surface area contributed by atoms with Gasteiger partial charge in [0.15, 0.2) is 0 Å². The molecule has 0 N–H and O–H groups in total. The molecule has 0 aromatic heterocycles. The molecule has 1 unspecified atom stereocenters. The van der Waals surface area contributed by atoms with Gasteiger partial charge >= 0.3 is 5.76 Å². The third-order valence-electron chi connectivity index (χ3n) is 0.208. The van der Waals surface area contributed by atoms with Gasteiger partial charge in [-0.3, -0.25) is 0 Å². The van der Waals surface area contributed by atoms with Crippen LogP contribution in [0.1, 0.15) is 0 Å². The second-order valence-electron chi connectivity index (χ2n) is 0.584. The molecule has 0 fully saturated rings. The van der Waals surface area contributed by atoms with Gasteiger partial charge < -0.3 is 0 Å². The smallest absolute Gasteiger partial charge is 0.222 e. The third-order valence-corrected chi connectivity index (χ3v) is 0.995. The first-order valence-electron chi connectivity index (χ1n) is 1.16. The quantitative estimate of drug-likeness (QED) is 0.574. The van der Waals surface area contributed by atoms with Crippen molar-refractivity contribution in [2.45, 2.75) is 5.76 Å². The van der Waals surface area contributed by atoms with Crippen LogP contribution in [0.3, 0.4) is 0 Å². The van der Waals surface area contributed by atoms with Gasteiger partial charge in [-0.1, -0.05) is 0 Å². The summed E-state index contributed by atoms with van der Waals surface area (Å²) in [5.41, 5.74) is 0. The summed E-state index contributed by atoms with van der Waals surface area (Å²) in [5, 5.41) is 0. The molecular formula is CHClF2NaO2S. The number of hydrogen-bond acceptors (Lipinski definition) is 2. The van der Waals surface area contributed by atoms with Crippen LogP contribution in [0.4, 0.5) is 8.78 Å². The second-order valence-corrected chi connectivity index (χ2v) is 1.97. The van der Waals surface area contributed by atoms with Gasteiger partial charge in [0.25, 0.3) is 0 Å². The summed E-state index contributed by atoms with van der Waals surface area (Å²) in [7, 11) is 0. The van der Waals surface area contributed by atoms with Gasteiger partial charge in [0.1, 0.15) is 0 Å². The minimum absolute atomic E-state index is 0. The number of alkyl halides is 2. The van der Waals surface area contributed by atoms with E-state index >= 15 is 0 Å². The molecule has 1 atom stereocenters. The molecule has 0 spiro atoms. The van der Waals surface area contributed by atoms with Crippen LogP contribution in [0.5, 0.6) is 0 Å². The van der Waals surface area contributed by atoms with Crippen molar-refractivity contribution >= 4 is 52.5 Å². The maximum atomic E-state index is 10.9. The topological polar surface area (TPSA) is 26.3 Å². The normalized spacial score (nSPS) is 13.0. The van der Waals surface area contributed by atoms with Crippen LogP contribution < -0.4 is 0 Å². The molecule has 2 nitrogen and oxygen atoms in total. The van der Waals surface area contributed by atoms with Crippen LogP contribution in [0.2, 0.25) is 0 Å². The monoisotopic (exact) mass is 173 g/mol. The fraction of sp³-hybridized carbons (Fsp3) is 1.00. The van der Waals surface area contributed by atoms with Gasteiger partial charge in [0.2, 0.25) is 11.1 Å². The van der Waals surface area contributed by atoms with Crippen molar-refractivity contribution in [1.29, 1.82) is 0 Å². The van der Waals surface area contributed by atoms with Crippen LogP contribution in [-0.4, -0.2) is 39.5 Å². The molecule has 0 saturated heterocycles. The van der Waals surface area contributed by atoms with Crippen LogP contribution in [0.25, 0.3) is 0 Å². The fourth-order valence-electron chi connectivity index (χ4n) is 0.0275. The zero-order valence-corrected chi connectivity index (χ0v) is 7.51. The Kier molecular flexibility index (Phi) is 9.56. The molecule has 8 heavy (non-hydrogen) atoms. The molecule has 0 aliphatic carbocycles. The SMILES string of the molecule is O=S(OCl)C(F)F.[Na]. The van der Waals surface area contributed by atoms with Crippen molar-refractivity contribution < 1.29 is 16.7 Å². The third kappa shape index (κ3) is 5.40. The average molecular weight is 174 g/mol. The summed E-state index contributed by atoms with van der Waals surface area (Å²) >= 11 is 1.62. The molecule has 1 radical (unpaired) electrons. The first kappa shape index (κ1) is 12.0. The van der Waals surface area contributed by atoms with Crippen LogP contribution in [-0.2, 0) is 14.8 Å². The van der Waals surface area contributed by atoms with E-state index in [0.29, 0.717) is 0 Å². The van der Waals surface area contributed by atoms with E-state index in [2.05, 4.69) is 15.6 Å². The van der Waals surface area contributed by atoms with E-state index in [1.165, 1.54) is 0 Å². The summed E-state index contributed by atoms with van der Waals surface area (Å²) in [6.45, 7) is 0. The molecule has 0 aromatic carbocycles. The van der Waals surface area contributed by atoms with Gasteiger partial charge in [-0.25, -0.2) is 4.21 Å². The Morgan fingerprint density at radius 3 is 2.00 bits per heavy atom.